The number of nitrogens with zero attached hydrogens (tertiary/aromatic N) is 1. The van der Waals surface area contributed by atoms with E-state index in [1.165, 1.54) is 0 Å². The second-order valence-electron chi connectivity index (χ2n) is 6.55. The molecular weight excluding hydrogens is 344 g/mol. The van der Waals surface area contributed by atoms with E-state index in [0.29, 0.717) is 19.5 Å². The molecule has 24 heavy (non-hydrogen) atoms. The van der Waals surface area contributed by atoms with Gasteiger partial charge in [0.25, 0.3) is 0 Å². The van der Waals surface area contributed by atoms with Crippen molar-refractivity contribution in [2.45, 2.75) is 38.1 Å². The Morgan fingerprint density at radius 2 is 1.79 bits per heavy atom. The SMILES string of the molecule is Cc1ccc(S(=O)(=O)NC(CC(C)C)C(=O)N2CCSCC2)cc1. The highest BCUT2D eigenvalue weighted by atomic mass is 32.2. The van der Waals surface area contributed by atoms with E-state index in [1.54, 1.807) is 29.2 Å². The number of rotatable bonds is 6. The van der Waals surface area contributed by atoms with E-state index in [2.05, 4.69) is 4.72 Å². The van der Waals surface area contributed by atoms with Crippen LogP contribution in [0.5, 0.6) is 0 Å². The van der Waals surface area contributed by atoms with Gasteiger partial charge in [-0.05, 0) is 31.4 Å². The highest BCUT2D eigenvalue weighted by Gasteiger charge is 2.30. The third-order valence-corrected chi connectivity index (χ3v) is 6.39. The zero-order valence-corrected chi connectivity index (χ0v) is 16.1. The topological polar surface area (TPSA) is 66.5 Å². The largest absolute Gasteiger partial charge is 0.340 e. The number of aryl methyl sites for hydroxylation is 1. The van der Waals surface area contributed by atoms with Crippen molar-refractivity contribution in [1.29, 1.82) is 0 Å². The van der Waals surface area contributed by atoms with Gasteiger partial charge in [-0.3, -0.25) is 4.79 Å². The van der Waals surface area contributed by atoms with Gasteiger partial charge >= 0.3 is 0 Å². The van der Waals surface area contributed by atoms with Gasteiger partial charge in [0.05, 0.1) is 4.90 Å². The number of thioether (sulfide) groups is 1. The normalized spacial score (nSPS) is 17.1. The summed E-state index contributed by atoms with van der Waals surface area (Å²) in [6.07, 6.45) is 0.494. The number of benzene rings is 1. The highest BCUT2D eigenvalue weighted by Crippen LogP contribution is 2.17. The summed E-state index contributed by atoms with van der Waals surface area (Å²) in [5.41, 5.74) is 0.995. The molecule has 2 rings (SSSR count). The smallest absolute Gasteiger partial charge is 0.241 e. The average molecular weight is 371 g/mol. The van der Waals surface area contributed by atoms with Gasteiger partial charge in [-0.1, -0.05) is 31.5 Å². The average Bonchev–Trinajstić information content (AvgIpc) is 2.54. The lowest BCUT2D eigenvalue weighted by molar-refractivity contribution is -0.133. The van der Waals surface area contributed by atoms with Gasteiger partial charge in [0, 0.05) is 24.6 Å². The summed E-state index contributed by atoms with van der Waals surface area (Å²) in [7, 11) is -3.71. The molecule has 7 heteroatoms. The number of amides is 1. The summed E-state index contributed by atoms with van der Waals surface area (Å²) in [6, 6.07) is 5.96. The Hall–Kier alpha value is -1.05. The number of carbonyl (C=O) groups is 1. The van der Waals surface area contributed by atoms with Crippen LogP contribution >= 0.6 is 11.8 Å². The van der Waals surface area contributed by atoms with Gasteiger partial charge in [-0.25, -0.2) is 8.42 Å². The minimum Gasteiger partial charge on any atom is -0.340 e. The second-order valence-corrected chi connectivity index (χ2v) is 9.49. The molecule has 1 unspecified atom stereocenters. The molecule has 134 valence electrons. The molecule has 5 nitrogen and oxygen atoms in total. The first-order valence-corrected chi connectivity index (χ1v) is 10.9. The molecule has 0 aliphatic carbocycles. The Labute approximate surface area is 149 Å². The lowest BCUT2D eigenvalue weighted by atomic mass is 10.0. The van der Waals surface area contributed by atoms with Crippen LogP contribution in [0.2, 0.25) is 0 Å². The standard InChI is InChI=1S/C17H26N2O3S2/c1-13(2)12-16(17(20)19-8-10-23-11-9-19)18-24(21,22)15-6-4-14(3)5-7-15/h4-7,13,16,18H,8-12H2,1-3H3. The van der Waals surface area contributed by atoms with Gasteiger partial charge in [-0.15, -0.1) is 0 Å². The first-order valence-electron chi connectivity index (χ1n) is 8.25. The zero-order chi connectivity index (χ0) is 17.7. The molecule has 0 saturated carbocycles. The molecule has 0 aromatic heterocycles. The van der Waals surface area contributed by atoms with Crippen molar-refractivity contribution >= 4 is 27.7 Å². The fourth-order valence-corrected chi connectivity index (χ4v) is 4.75. The Kier molecular flexibility index (Phi) is 6.71. The number of sulfonamides is 1. The van der Waals surface area contributed by atoms with E-state index in [1.807, 2.05) is 32.5 Å². The molecule has 1 N–H and O–H groups in total. The number of carbonyl (C=O) groups excluding carboxylic acids is 1. The zero-order valence-electron chi connectivity index (χ0n) is 14.5. The second kappa shape index (κ2) is 8.36. The molecular formula is C17H26N2O3S2. The molecule has 1 saturated heterocycles. The van der Waals surface area contributed by atoms with E-state index in [-0.39, 0.29) is 16.7 Å². The Bertz CT molecular complexity index is 651. The summed E-state index contributed by atoms with van der Waals surface area (Å²) in [6.45, 7) is 7.26. The summed E-state index contributed by atoms with van der Waals surface area (Å²) in [5.74, 6) is 1.92. The molecule has 0 radical (unpaired) electrons. The molecule has 0 spiro atoms. The Morgan fingerprint density at radius 1 is 1.21 bits per heavy atom. The van der Waals surface area contributed by atoms with Crippen LogP contribution in [0.1, 0.15) is 25.8 Å². The summed E-state index contributed by atoms with van der Waals surface area (Å²) >= 11 is 1.82. The minimum atomic E-state index is -3.71. The maximum Gasteiger partial charge on any atom is 0.241 e. The predicted octanol–water partition coefficient (Wildman–Crippen LogP) is 2.26. The summed E-state index contributed by atoms with van der Waals surface area (Å²) in [5, 5.41) is 0. The van der Waals surface area contributed by atoms with Crippen molar-refractivity contribution in [2.24, 2.45) is 5.92 Å². The van der Waals surface area contributed by atoms with E-state index >= 15 is 0 Å². The van der Waals surface area contributed by atoms with Crippen LogP contribution in [0.15, 0.2) is 29.2 Å². The molecule has 1 heterocycles. The van der Waals surface area contributed by atoms with Crippen molar-refractivity contribution < 1.29 is 13.2 Å². The molecule has 1 atom stereocenters. The van der Waals surface area contributed by atoms with Gasteiger partial charge in [0.1, 0.15) is 6.04 Å². The maximum atomic E-state index is 12.8. The molecule has 0 bridgehead atoms. The predicted molar refractivity (Wildman–Crippen MR) is 98.6 cm³/mol. The van der Waals surface area contributed by atoms with Crippen LogP contribution in [-0.4, -0.2) is 49.9 Å². The summed E-state index contributed by atoms with van der Waals surface area (Å²) < 4.78 is 27.9. The third-order valence-electron chi connectivity index (χ3n) is 3.96. The van der Waals surface area contributed by atoms with Gasteiger partial charge < -0.3 is 4.90 Å². The first-order chi connectivity index (χ1) is 11.3. The van der Waals surface area contributed by atoms with Crippen LogP contribution < -0.4 is 4.72 Å². The molecule has 1 aromatic carbocycles. The maximum absolute atomic E-state index is 12.8. The van der Waals surface area contributed by atoms with E-state index < -0.39 is 16.1 Å². The van der Waals surface area contributed by atoms with Crippen LogP contribution in [-0.2, 0) is 14.8 Å². The third kappa shape index (κ3) is 5.22. The van der Waals surface area contributed by atoms with E-state index in [9.17, 15) is 13.2 Å². The lowest BCUT2D eigenvalue weighted by Gasteiger charge is -2.31. The van der Waals surface area contributed by atoms with Crippen molar-refractivity contribution in [3.63, 3.8) is 0 Å². The van der Waals surface area contributed by atoms with E-state index in [0.717, 1.165) is 17.1 Å². The fourth-order valence-electron chi connectivity index (χ4n) is 2.65. The van der Waals surface area contributed by atoms with Crippen LogP contribution in [0.3, 0.4) is 0 Å². The monoisotopic (exact) mass is 370 g/mol. The fraction of sp³-hybridized carbons (Fsp3) is 0.588. The first kappa shape index (κ1) is 19.3. The number of hydrogen-bond acceptors (Lipinski definition) is 4. The van der Waals surface area contributed by atoms with Crippen LogP contribution in [0, 0.1) is 12.8 Å². The molecule has 1 aliphatic rings. The molecule has 1 aliphatic heterocycles. The van der Waals surface area contributed by atoms with Crippen LogP contribution in [0.25, 0.3) is 0 Å². The van der Waals surface area contributed by atoms with Crippen molar-refractivity contribution in [3.8, 4) is 0 Å². The lowest BCUT2D eigenvalue weighted by Crippen LogP contribution is -2.51. The molecule has 1 amide bonds. The molecule has 1 fully saturated rings. The Balaban J connectivity index is 2.17. The van der Waals surface area contributed by atoms with Crippen LogP contribution in [0.4, 0.5) is 0 Å². The highest BCUT2D eigenvalue weighted by molar-refractivity contribution is 7.99. The van der Waals surface area contributed by atoms with Crippen molar-refractivity contribution in [1.82, 2.24) is 9.62 Å². The quantitative estimate of drug-likeness (QED) is 0.834. The number of hydrogen-bond donors (Lipinski definition) is 1. The minimum absolute atomic E-state index is 0.111. The number of nitrogens with one attached hydrogen (secondary N) is 1. The Morgan fingerprint density at radius 3 is 2.33 bits per heavy atom. The molecule has 1 aromatic rings. The van der Waals surface area contributed by atoms with Crippen molar-refractivity contribution in [2.75, 3.05) is 24.6 Å². The summed E-state index contributed by atoms with van der Waals surface area (Å²) in [4.78, 5) is 14.8. The van der Waals surface area contributed by atoms with E-state index in [4.69, 9.17) is 0 Å². The van der Waals surface area contributed by atoms with Gasteiger partial charge in [0.2, 0.25) is 15.9 Å². The van der Waals surface area contributed by atoms with Gasteiger partial charge in [0.15, 0.2) is 0 Å². The van der Waals surface area contributed by atoms with Crippen molar-refractivity contribution in [3.05, 3.63) is 29.8 Å². The van der Waals surface area contributed by atoms with Gasteiger partial charge in [-0.2, -0.15) is 16.5 Å².